The molecule has 1 aliphatic rings. The lowest BCUT2D eigenvalue weighted by molar-refractivity contribution is -0.301. The smallest absolute Gasteiger partial charge is 0.364 e. The molecule has 12 heteroatoms. The van der Waals surface area contributed by atoms with Crippen molar-refractivity contribution in [2.24, 2.45) is 0 Å². The van der Waals surface area contributed by atoms with Crippen LogP contribution in [0.5, 0.6) is 0 Å². The van der Waals surface area contributed by atoms with E-state index in [0.717, 1.165) is 0 Å². The van der Waals surface area contributed by atoms with Crippen LogP contribution in [-0.2, 0) is 19.2 Å². The molecule has 1 saturated heterocycles. The van der Waals surface area contributed by atoms with Crippen LogP contribution >= 0.6 is 0 Å². The number of carboxylic acid groups (broad SMARTS) is 1. The summed E-state index contributed by atoms with van der Waals surface area (Å²) in [5.41, 5.74) is 1.97. The van der Waals surface area contributed by atoms with E-state index < -0.39 is 67.8 Å². The zero-order valence-electron chi connectivity index (χ0n) is 11.8. The molecule has 0 radical (unpaired) electrons. The van der Waals surface area contributed by atoms with Crippen LogP contribution in [0.2, 0.25) is 0 Å². The predicted octanol–water partition coefficient (Wildman–Crippen LogP) is -4.97. The largest absolute Gasteiger partial charge is 0.477 e. The Labute approximate surface area is 129 Å². The van der Waals surface area contributed by atoms with E-state index in [1.54, 1.807) is 0 Å². The number of ether oxygens (including phenoxy) is 1. The lowest BCUT2D eigenvalue weighted by Gasteiger charge is -2.44. The quantitative estimate of drug-likeness (QED) is 0.205. The number of aliphatic hydroxyl groups is 6. The van der Waals surface area contributed by atoms with Crippen molar-refractivity contribution < 1.29 is 54.9 Å². The van der Waals surface area contributed by atoms with Crippen LogP contribution in [0.15, 0.2) is 0 Å². The van der Waals surface area contributed by atoms with Crippen molar-refractivity contribution in [2.75, 3.05) is 13.2 Å². The second-order valence-electron chi connectivity index (χ2n) is 4.96. The van der Waals surface area contributed by atoms with E-state index in [2.05, 4.69) is 4.84 Å². The molecule has 12 nitrogen and oxygen atoms in total. The highest BCUT2D eigenvalue weighted by Gasteiger charge is 2.54. The van der Waals surface area contributed by atoms with Crippen LogP contribution < -0.4 is 5.48 Å². The summed E-state index contributed by atoms with van der Waals surface area (Å²) in [5, 5.41) is 65.4. The minimum absolute atomic E-state index is 0.838. The molecule has 6 atom stereocenters. The minimum atomic E-state index is -2.86. The summed E-state index contributed by atoms with van der Waals surface area (Å²) in [4.78, 5) is 26.3. The van der Waals surface area contributed by atoms with Crippen molar-refractivity contribution in [2.45, 2.75) is 42.7 Å². The Kier molecular flexibility index (Phi) is 6.79. The van der Waals surface area contributed by atoms with E-state index in [-0.39, 0.29) is 0 Å². The highest BCUT2D eigenvalue weighted by atomic mass is 16.7. The molecule has 1 aliphatic heterocycles. The van der Waals surface area contributed by atoms with Crippen LogP contribution in [0.4, 0.5) is 0 Å². The Morgan fingerprint density at radius 1 is 1.35 bits per heavy atom. The zero-order chi connectivity index (χ0) is 17.8. The number of carbonyl (C=O) groups is 2. The number of hydroxylamine groups is 1. The average Bonchev–Trinajstić information content (AvgIpc) is 2.51. The monoisotopic (exact) mass is 341 g/mol. The molecule has 0 aromatic carbocycles. The van der Waals surface area contributed by atoms with Gasteiger partial charge in [-0.05, 0) is 0 Å². The fourth-order valence-electron chi connectivity index (χ4n) is 2.03. The standard InChI is InChI=1S/C11H19NO11/c13-2-5(16)8(18)9-7(12-23-6(17)3-14)4(15)1-11(21,22-9)10(19)20/h4-5,7-9,12-16,18,21H,1-3H2,(H,19,20)/t4-,5+,7+,8+,9+,11?/m0/s1. The Balaban J connectivity index is 3.00. The first-order chi connectivity index (χ1) is 10.7. The van der Waals surface area contributed by atoms with Crippen molar-refractivity contribution in [1.82, 2.24) is 5.48 Å². The first-order valence-corrected chi connectivity index (χ1v) is 6.51. The molecule has 8 N–H and O–H groups in total. The molecule has 0 bridgehead atoms. The summed E-state index contributed by atoms with van der Waals surface area (Å²) < 4.78 is 4.83. The Morgan fingerprint density at radius 3 is 2.43 bits per heavy atom. The van der Waals surface area contributed by atoms with Gasteiger partial charge in [-0.2, -0.15) is 0 Å². The van der Waals surface area contributed by atoms with Gasteiger partial charge in [-0.3, -0.25) is 0 Å². The van der Waals surface area contributed by atoms with Crippen LogP contribution in [0.25, 0.3) is 0 Å². The fraction of sp³-hybridized carbons (Fsp3) is 0.818. The molecular weight excluding hydrogens is 322 g/mol. The molecule has 1 rings (SSSR count). The minimum Gasteiger partial charge on any atom is -0.477 e. The second kappa shape index (κ2) is 7.94. The normalized spacial score (nSPS) is 33.7. The van der Waals surface area contributed by atoms with E-state index in [1.807, 2.05) is 5.48 Å². The summed E-state index contributed by atoms with van der Waals surface area (Å²) in [6, 6.07) is -1.46. The summed E-state index contributed by atoms with van der Waals surface area (Å²) in [5.74, 6) is -5.86. The van der Waals surface area contributed by atoms with E-state index in [9.17, 15) is 30.0 Å². The molecule has 0 aliphatic carbocycles. The summed E-state index contributed by atoms with van der Waals surface area (Å²) in [6.45, 7) is -1.92. The number of aliphatic carboxylic acids is 1. The third-order valence-electron chi connectivity index (χ3n) is 3.28. The summed E-state index contributed by atoms with van der Waals surface area (Å²) in [7, 11) is 0. The van der Waals surface area contributed by atoms with Gasteiger partial charge in [-0.25, -0.2) is 9.59 Å². The van der Waals surface area contributed by atoms with Crippen LogP contribution in [0.1, 0.15) is 6.42 Å². The number of nitrogens with one attached hydrogen (secondary N) is 1. The summed E-state index contributed by atoms with van der Waals surface area (Å²) in [6.07, 6.45) is -8.02. The zero-order valence-corrected chi connectivity index (χ0v) is 11.8. The van der Waals surface area contributed by atoms with Crippen LogP contribution in [-0.4, -0.2) is 97.1 Å². The highest BCUT2D eigenvalue weighted by molar-refractivity contribution is 5.75. The van der Waals surface area contributed by atoms with Gasteiger partial charge in [0.15, 0.2) is 0 Å². The van der Waals surface area contributed by atoms with Gasteiger partial charge in [-0.15, -0.1) is 5.48 Å². The topological polar surface area (TPSA) is 206 Å². The number of rotatable bonds is 7. The van der Waals surface area contributed by atoms with E-state index in [4.69, 9.17) is 20.1 Å². The molecule has 1 unspecified atom stereocenters. The Bertz CT molecular complexity index is 432. The van der Waals surface area contributed by atoms with Gasteiger partial charge in [-0.1, -0.05) is 0 Å². The first-order valence-electron chi connectivity index (χ1n) is 6.51. The molecular formula is C11H19NO11. The molecule has 0 aromatic heterocycles. The molecule has 0 amide bonds. The van der Waals surface area contributed by atoms with Gasteiger partial charge in [0.1, 0.15) is 24.9 Å². The van der Waals surface area contributed by atoms with Crippen molar-refractivity contribution in [3.8, 4) is 0 Å². The van der Waals surface area contributed by atoms with E-state index in [0.29, 0.717) is 0 Å². The van der Waals surface area contributed by atoms with Gasteiger partial charge >= 0.3 is 11.9 Å². The van der Waals surface area contributed by atoms with E-state index in [1.165, 1.54) is 0 Å². The molecule has 0 saturated carbocycles. The van der Waals surface area contributed by atoms with Gasteiger partial charge < -0.3 is 45.3 Å². The number of carbonyl (C=O) groups excluding carboxylic acids is 1. The molecule has 134 valence electrons. The molecule has 1 heterocycles. The molecule has 0 spiro atoms. The maximum atomic E-state index is 11.0. The van der Waals surface area contributed by atoms with Crippen molar-refractivity contribution >= 4 is 11.9 Å². The first kappa shape index (κ1) is 19.7. The van der Waals surface area contributed by atoms with E-state index >= 15 is 0 Å². The molecule has 0 aromatic rings. The molecule has 23 heavy (non-hydrogen) atoms. The maximum absolute atomic E-state index is 11.0. The Morgan fingerprint density at radius 2 is 1.96 bits per heavy atom. The molecule has 1 fully saturated rings. The predicted molar refractivity (Wildman–Crippen MR) is 67.3 cm³/mol. The van der Waals surface area contributed by atoms with Crippen LogP contribution in [0.3, 0.4) is 0 Å². The maximum Gasteiger partial charge on any atom is 0.364 e. The number of aliphatic hydroxyl groups excluding tert-OH is 5. The number of hydrogen-bond donors (Lipinski definition) is 8. The van der Waals surface area contributed by atoms with Gasteiger partial charge in [0.05, 0.1) is 18.8 Å². The SMILES string of the molecule is O=C(CO)ON[C@H]1[C@H]([C@H](O)[C@H](O)CO)OC(O)(C(=O)O)C[C@@H]1O. The van der Waals surface area contributed by atoms with Crippen molar-refractivity contribution in [1.29, 1.82) is 0 Å². The fourth-order valence-corrected chi connectivity index (χ4v) is 2.03. The van der Waals surface area contributed by atoms with Gasteiger partial charge in [0.2, 0.25) is 0 Å². The third-order valence-corrected chi connectivity index (χ3v) is 3.28. The van der Waals surface area contributed by atoms with Gasteiger partial charge in [0, 0.05) is 6.42 Å². The van der Waals surface area contributed by atoms with Crippen molar-refractivity contribution in [3.63, 3.8) is 0 Å². The highest BCUT2D eigenvalue weighted by Crippen LogP contribution is 2.30. The van der Waals surface area contributed by atoms with Crippen molar-refractivity contribution in [3.05, 3.63) is 0 Å². The number of hydrogen-bond acceptors (Lipinski definition) is 11. The summed E-state index contributed by atoms with van der Waals surface area (Å²) >= 11 is 0. The Hall–Kier alpha value is -1.38. The lowest BCUT2D eigenvalue weighted by Crippen LogP contribution is -2.66. The number of carboxylic acids is 1. The third kappa shape index (κ3) is 4.55. The second-order valence-corrected chi connectivity index (χ2v) is 4.96. The van der Waals surface area contributed by atoms with Gasteiger partial charge in [0.25, 0.3) is 5.79 Å². The van der Waals surface area contributed by atoms with Crippen LogP contribution in [0, 0.1) is 0 Å². The lowest BCUT2D eigenvalue weighted by atomic mass is 9.89. The average molecular weight is 341 g/mol.